The van der Waals surface area contributed by atoms with Gasteiger partial charge in [-0.05, 0) is 48.7 Å². The van der Waals surface area contributed by atoms with Crippen LogP contribution >= 0.6 is 11.6 Å². The van der Waals surface area contributed by atoms with Gasteiger partial charge in [-0.15, -0.1) is 0 Å². The van der Waals surface area contributed by atoms with Gasteiger partial charge in [0.25, 0.3) is 0 Å². The van der Waals surface area contributed by atoms with Gasteiger partial charge in [0.15, 0.2) is 0 Å². The molecule has 0 bridgehead atoms. The minimum atomic E-state index is -3.80. The number of nitrogens with zero attached hydrogens (tertiary/aromatic N) is 1. The van der Waals surface area contributed by atoms with Crippen molar-refractivity contribution in [3.05, 3.63) is 64.7 Å². The van der Waals surface area contributed by atoms with Crippen LogP contribution in [-0.4, -0.2) is 32.3 Å². The summed E-state index contributed by atoms with van der Waals surface area (Å²) < 4.78 is 23.2. The summed E-state index contributed by atoms with van der Waals surface area (Å²) >= 11 is 6.05. The molecule has 2 aromatic carbocycles. The molecule has 1 amide bonds. The Morgan fingerprint density at radius 3 is 2.61 bits per heavy atom. The van der Waals surface area contributed by atoms with E-state index < -0.39 is 16.1 Å². The Morgan fingerprint density at radius 1 is 1.21 bits per heavy atom. The van der Waals surface area contributed by atoms with Crippen molar-refractivity contribution in [1.82, 2.24) is 15.8 Å². The molecular weight excluding hydrogens is 400 g/mol. The van der Waals surface area contributed by atoms with Gasteiger partial charge in [0, 0.05) is 18.1 Å². The van der Waals surface area contributed by atoms with E-state index in [1.54, 1.807) is 30.1 Å². The van der Waals surface area contributed by atoms with E-state index >= 15 is 0 Å². The smallest absolute Gasteiger partial charge is 0.241 e. The molecule has 7 nitrogen and oxygen atoms in total. The first-order valence-electron chi connectivity index (χ1n) is 8.83. The van der Waals surface area contributed by atoms with Gasteiger partial charge < -0.3 is 4.90 Å². The van der Waals surface area contributed by atoms with E-state index in [1.807, 2.05) is 25.1 Å². The predicted octanol–water partition coefficient (Wildman–Crippen LogP) is 2.11. The van der Waals surface area contributed by atoms with Crippen LogP contribution in [0.3, 0.4) is 0 Å². The van der Waals surface area contributed by atoms with Crippen molar-refractivity contribution in [1.29, 1.82) is 0 Å². The molecule has 4 N–H and O–H groups in total. The fraction of sp³-hybridized carbons (Fsp3) is 0.316. The highest BCUT2D eigenvalue weighted by molar-refractivity contribution is 7.89. The average Bonchev–Trinajstić information content (AvgIpc) is 3.16. The first-order chi connectivity index (χ1) is 13.2. The number of hydrogen-bond donors (Lipinski definition) is 3. The van der Waals surface area contributed by atoms with Gasteiger partial charge in [-0.1, -0.05) is 35.9 Å². The van der Waals surface area contributed by atoms with Crippen LogP contribution in [0, 0.1) is 0 Å². The summed E-state index contributed by atoms with van der Waals surface area (Å²) in [5, 5.41) is 5.85. The molecule has 3 unspecified atom stereocenters. The number of primary sulfonamides is 1. The number of likely N-dealkylation sites (N-methyl/N-ethyl adjacent to an activating group) is 1. The van der Waals surface area contributed by atoms with Crippen LogP contribution in [0.25, 0.3) is 0 Å². The number of rotatable bonds is 5. The molecule has 2 aromatic rings. The summed E-state index contributed by atoms with van der Waals surface area (Å²) in [4.78, 5) is 14.6. The van der Waals surface area contributed by atoms with Crippen molar-refractivity contribution in [3.8, 4) is 0 Å². The summed E-state index contributed by atoms with van der Waals surface area (Å²) in [6.07, 6.45) is 0.577. The van der Waals surface area contributed by atoms with Gasteiger partial charge in [-0.3, -0.25) is 4.79 Å². The van der Waals surface area contributed by atoms with Gasteiger partial charge in [-0.25, -0.2) is 24.4 Å². The topological polar surface area (TPSA) is 105 Å². The highest BCUT2D eigenvalue weighted by atomic mass is 35.5. The Morgan fingerprint density at radius 2 is 1.93 bits per heavy atom. The third-order valence-corrected chi connectivity index (χ3v) is 6.20. The van der Waals surface area contributed by atoms with Crippen molar-refractivity contribution < 1.29 is 13.2 Å². The lowest BCUT2D eigenvalue weighted by Crippen LogP contribution is -2.44. The largest absolute Gasteiger partial charge is 0.338 e. The number of carbonyl (C=O) groups is 1. The summed E-state index contributed by atoms with van der Waals surface area (Å²) in [6, 6.07) is 13.1. The number of nitrogens with one attached hydrogen (secondary N) is 2. The lowest BCUT2D eigenvalue weighted by atomic mass is 10.0. The summed E-state index contributed by atoms with van der Waals surface area (Å²) in [5.41, 5.74) is 7.89. The highest BCUT2D eigenvalue weighted by Crippen LogP contribution is 2.27. The monoisotopic (exact) mass is 422 g/mol. The second-order valence-electron chi connectivity index (χ2n) is 6.93. The van der Waals surface area contributed by atoms with E-state index in [0.717, 1.165) is 5.56 Å². The fourth-order valence-electron chi connectivity index (χ4n) is 3.27. The van der Waals surface area contributed by atoms with Gasteiger partial charge in [0.2, 0.25) is 15.9 Å². The van der Waals surface area contributed by atoms with Crippen molar-refractivity contribution >= 4 is 27.5 Å². The molecule has 0 spiro atoms. The number of sulfonamides is 1. The molecule has 0 radical (unpaired) electrons. The lowest BCUT2D eigenvalue weighted by molar-refractivity contribution is -0.133. The van der Waals surface area contributed by atoms with E-state index in [-0.39, 0.29) is 22.9 Å². The van der Waals surface area contributed by atoms with Crippen molar-refractivity contribution in [2.45, 2.75) is 36.4 Å². The first kappa shape index (κ1) is 20.8. The molecule has 3 atom stereocenters. The van der Waals surface area contributed by atoms with Gasteiger partial charge >= 0.3 is 0 Å². The number of carbonyl (C=O) groups excluding carboxylic acids is 1. The predicted molar refractivity (Wildman–Crippen MR) is 108 cm³/mol. The number of nitrogens with two attached hydrogens (primary N) is 1. The number of hydrazine groups is 1. The Kier molecular flexibility index (Phi) is 6.07. The third kappa shape index (κ3) is 4.53. The lowest BCUT2D eigenvalue weighted by Gasteiger charge is -2.28. The maximum Gasteiger partial charge on any atom is 0.241 e. The minimum Gasteiger partial charge on any atom is -0.338 e. The minimum absolute atomic E-state index is 0.0259. The van der Waals surface area contributed by atoms with Crippen LogP contribution in [0.15, 0.2) is 53.4 Å². The summed E-state index contributed by atoms with van der Waals surface area (Å²) in [6.45, 7) is 1.84. The Labute approximate surface area is 169 Å². The molecule has 1 aliphatic heterocycles. The Hall–Kier alpha value is -1.97. The first-order valence-corrected chi connectivity index (χ1v) is 10.7. The van der Waals surface area contributed by atoms with Crippen LogP contribution in [0.1, 0.15) is 36.6 Å². The third-order valence-electron chi connectivity index (χ3n) is 5.05. The highest BCUT2D eigenvalue weighted by Gasteiger charge is 2.33. The van der Waals surface area contributed by atoms with E-state index in [1.165, 1.54) is 12.1 Å². The van der Waals surface area contributed by atoms with Crippen molar-refractivity contribution in [2.24, 2.45) is 5.14 Å². The van der Waals surface area contributed by atoms with E-state index in [2.05, 4.69) is 10.9 Å². The summed E-state index contributed by atoms with van der Waals surface area (Å²) in [5.74, 6) is -0.0921. The average molecular weight is 423 g/mol. The maximum absolute atomic E-state index is 12.9. The van der Waals surface area contributed by atoms with Gasteiger partial charge in [-0.2, -0.15) is 0 Å². The van der Waals surface area contributed by atoms with Crippen LogP contribution in [0.4, 0.5) is 0 Å². The number of halogens is 1. The second-order valence-corrected chi connectivity index (χ2v) is 8.93. The zero-order valence-electron chi connectivity index (χ0n) is 15.6. The summed E-state index contributed by atoms with van der Waals surface area (Å²) in [7, 11) is -2.10. The second kappa shape index (κ2) is 8.18. The Balaban J connectivity index is 1.71. The molecule has 0 aliphatic carbocycles. The Bertz CT molecular complexity index is 983. The van der Waals surface area contributed by atoms with Crippen LogP contribution < -0.4 is 16.0 Å². The van der Waals surface area contributed by atoms with Crippen LogP contribution in [0.5, 0.6) is 0 Å². The standard InChI is InChI=1S/C19H23ClN4O3S/c1-12(13-5-4-8-16(10-13)28(21,26)27)24(2)19(25)18-11-17(22-23-18)14-6-3-7-15(20)9-14/h3-10,12,17-18,22-23H,11H2,1-2H3,(H2,21,26,27). The normalized spacial score (nSPS) is 20.7. The van der Waals surface area contributed by atoms with Crippen molar-refractivity contribution in [3.63, 3.8) is 0 Å². The van der Waals surface area contributed by atoms with E-state index in [9.17, 15) is 13.2 Å². The number of amides is 1. The molecule has 28 heavy (non-hydrogen) atoms. The molecule has 1 aliphatic rings. The van der Waals surface area contributed by atoms with Crippen molar-refractivity contribution in [2.75, 3.05) is 7.05 Å². The molecule has 1 saturated heterocycles. The van der Waals surface area contributed by atoms with Crippen LogP contribution in [-0.2, 0) is 14.8 Å². The number of benzene rings is 2. The molecule has 0 saturated carbocycles. The van der Waals surface area contributed by atoms with Gasteiger partial charge in [0.05, 0.1) is 10.9 Å². The number of hydrogen-bond acceptors (Lipinski definition) is 5. The fourth-order valence-corrected chi connectivity index (χ4v) is 4.04. The molecule has 150 valence electrons. The molecular formula is C19H23ClN4O3S. The van der Waals surface area contributed by atoms with Crippen LogP contribution in [0.2, 0.25) is 5.02 Å². The molecule has 0 aromatic heterocycles. The quantitative estimate of drug-likeness (QED) is 0.684. The zero-order chi connectivity index (χ0) is 20.5. The maximum atomic E-state index is 12.9. The molecule has 1 heterocycles. The van der Waals surface area contributed by atoms with Gasteiger partial charge in [0.1, 0.15) is 6.04 Å². The molecule has 3 rings (SSSR count). The molecule has 1 fully saturated rings. The van der Waals surface area contributed by atoms with E-state index in [0.29, 0.717) is 17.0 Å². The SMILES string of the molecule is CC(c1cccc(S(N)(=O)=O)c1)N(C)C(=O)C1CC(c2cccc(Cl)c2)NN1. The molecule has 9 heteroatoms. The van der Waals surface area contributed by atoms with E-state index in [4.69, 9.17) is 16.7 Å². The zero-order valence-corrected chi connectivity index (χ0v) is 17.2.